The van der Waals surface area contributed by atoms with Gasteiger partial charge in [0.1, 0.15) is 5.75 Å². The van der Waals surface area contributed by atoms with E-state index in [4.69, 9.17) is 4.74 Å². The average molecular weight is 440 g/mol. The molecule has 1 heterocycles. The summed E-state index contributed by atoms with van der Waals surface area (Å²) in [5.74, 6) is 0.202. The van der Waals surface area contributed by atoms with Crippen LogP contribution in [0.1, 0.15) is 24.1 Å². The Morgan fingerprint density at radius 3 is 2.39 bits per heavy atom. The van der Waals surface area contributed by atoms with Crippen LogP contribution in [0.2, 0.25) is 0 Å². The van der Waals surface area contributed by atoms with Crippen LogP contribution in [-0.4, -0.2) is 33.0 Å². The third kappa shape index (κ3) is 5.61. The van der Waals surface area contributed by atoms with Gasteiger partial charge < -0.3 is 10.1 Å². The molecule has 0 spiro atoms. The lowest BCUT2D eigenvalue weighted by Gasteiger charge is -2.20. The number of pyridine rings is 1. The summed E-state index contributed by atoms with van der Waals surface area (Å²) in [6.45, 7) is 3.62. The molecule has 1 atom stereocenters. The number of sulfonamides is 1. The number of nitrogens with zero attached hydrogens (tertiary/aromatic N) is 2. The standard InChI is InChI=1S/C23H25N3O4S/c1-17-6-12-22(13-7-17)31(28,29)26(3)20-8-10-21(11-9-20)30-16-23(27)25-18(2)19-5-4-14-24-15-19/h4-15,18H,16H2,1-3H3,(H,25,27). The lowest BCUT2D eigenvalue weighted by Crippen LogP contribution is -2.31. The second kappa shape index (κ2) is 9.61. The predicted molar refractivity (Wildman–Crippen MR) is 119 cm³/mol. The molecule has 0 saturated heterocycles. The number of nitrogens with one attached hydrogen (secondary N) is 1. The van der Waals surface area contributed by atoms with Gasteiger partial charge in [-0.25, -0.2) is 8.42 Å². The van der Waals surface area contributed by atoms with Crippen molar-refractivity contribution in [2.24, 2.45) is 0 Å². The Morgan fingerprint density at radius 2 is 1.77 bits per heavy atom. The highest BCUT2D eigenvalue weighted by Gasteiger charge is 2.21. The van der Waals surface area contributed by atoms with Gasteiger partial charge in [0, 0.05) is 19.4 Å². The Morgan fingerprint density at radius 1 is 1.10 bits per heavy atom. The minimum Gasteiger partial charge on any atom is -0.484 e. The van der Waals surface area contributed by atoms with Gasteiger partial charge in [0.25, 0.3) is 15.9 Å². The lowest BCUT2D eigenvalue weighted by atomic mass is 10.1. The second-order valence-corrected chi connectivity index (χ2v) is 9.11. The van der Waals surface area contributed by atoms with Crippen molar-refractivity contribution in [2.45, 2.75) is 24.8 Å². The van der Waals surface area contributed by atoms with Crippen molar-refractivity contribution in [3.63, 3.8) is 0 Å². The van der Waals surface area contributed by atoms with Crippen molar-refractivity contribution in [1.29, 1.82) is 0 Å². The predicted octanol–water partition coefficient (Wildman–Crippen LogP) is 3.47. The van der Waals surface area contributed by atoms with E-state index in [2.05, 4.69) is 10.3 Å². The zero-order valence-electron chi connectivity index (χ0n) is 17.6. The fourth-order valence-electron chi connectivity index (χ4n) is 2.91. The van der Waals surface area contributed by atoms with Crippen LogP contribution in [0.4, 0.5) is 5.69 Å². The van der Waals surface area contributed by atoms with Gasteiger partial charge in [-0.2, -0.15) is 0 Å². The van der Waals surface area contributed by atoms with Crippen molar-refractivity contribution in [2.75, 3.05) is 18.0 Å². The number of rotatable bonds is 8. The van der Waals surface area contributed by atoms with Crippen molar-refractivity contribution in [3.8, 4) is 5.75 Å². The third-order valence-electron chi connectivity index (χ3n) is 4.81. The fraction of sp³-hybridized carbons (Fsp3) is 0.217. The number of hydrogen-bond acceptors (Lipinski definition) is 5. The van der Waals surface area contributed by atoms with E-state index in [0.29, 0.717) is 11.4 Å². The molecule has 1 N–H and O–H groups in total. The van der Waals surface area contributed by atoms with E-state index in [-0.39, 0.29) is 23.5 Å². The average Bonchev–Trinajstić information content (AvgIpc) is 2.78. The van der Waals surface area contributed by atoms with Crippen molar-refractivity contribution in [3.05, 3.63) is 84.2 Å². The molecule has 0 fully saturated rings. The van der Waals surface area contributed by atoms with Crippen LogP contribution in [0.5, 0.6) is 5.75 Å². The first kappa shape index (κ1) is 22.3. The molecule has 1 aromatic heterocycles. The minimum atomic E-state index is -3.66. The zero-order chi connectivity index (χ0) is 22.4. The summed E-state index contributed by atoms with van der Waals surface area (Å²) in [5, 5.41) is 2.85. The smallest absolute Gasteiger partial charge is 0.264 e. The molecule has 1 unspecified atom stereocenters. The molecule has 7 nitrogen and oxygen atoms in total. The molecule has 3 rings (SSSR count). The fourth-order valence-corrected chi connectivity index (χ4v) is 4.10. The van der Waals surface area contributed by atoms with E-state index in [1.54, 1.807) is 60.9 Å². The summed E-state index contributed by atoms with van der Waals surface area (Å²) >= 11 is 0. The second-order valence-electron chi connectivity index (χ2n) is 7.14. The highest BCUT2D eigenvalue weighted by atomic mass is 32.2. The quantitative estimate of drug-likeness (QED) is 0.581. The van der Waals surface area contributed by atoms with Gasteiger partial charge in [-0.3, -0.25) is 14.1 Å². The molecule has 31 heavy (non-hydrogen) atoms. The maximum atomic E-state index is 12.8. The van der Waals surface area contributed by atoms with Crippen LogP contribution in [0.25, 0.3) is 0 Å². The number of aryl methyl sites for hydroxylation is 1. The number of ether oxygens (including phenoxy) is 1. The summed E-state index contributed by atoms with van der Waals surface area (Å²) < 4.78 is 32.3. The number of carbonyl (C=O) groups is 1. The van der Waals surface area contributed by atoms with E-state index in [1.807, 2.05) is 26.0 Å². The number of aromatic nitrogens is 1. The van der Waals surface area contributed by atoms with Crippen LogP contribution >= 0.6 is 0 Å². The molecule has 0 radical (unpaired) electrons. The molecule has 2 aromatic carbocycles. The summed E-state index contributed by atoms with van der Waals surface area (Å²) in [4.78, 5) is 16.4. The molecule has 162 valence electrons. The molecule has 0 aliphatic rings. The Bertz CT molecular complexity index is 1120. The van der Waals surface area contributed by atoms with Gasteiger partial charge in [-0.15, -0.1) is 0 Å². The molecule has 1 amide bonds. The van der Waals surface area contributed by atoms with Gasteiger partial charge in [0.05, 0.1) is 16.6 Å². The SMILES string of the molecule is Cc1ccc(S(=O)(=O)N(C)c2ccc(OCC(=O)NC(C)c3cccnc3)cc2)cc1. The molecule has 0 bridgehead atoms. The monoisotopic (exact) mass is 439 g/mol. The first-order valence-corrected chi connectivity index (χ1v) is 11.2. The van der Waals surface area contributed by atoms with Crippen LogP contribution in [0, 0.1) is 6.92 Å². The number of anilines is 1. The molecule has 0 saturated carbocycles. The van der Waals surface area contributed by atoms with Crippen molar-refractivity contribution < 1.29 is 17.9 Å². The Kier molecular flexibility index (Phi) is 6.91. The number of benzene rings is 2. The topological polar surface area (TPSA) is 88.6 Å². The molecular formula is C23H25N3O4S. The normalized spacial score (nSPS) is 12.1. The van der Waals surface area contributed by atoms with Gasteiger partial charge >= 0.3 is 0 Å². The number of carbonyl (C=O) groups excluding carboxylic acids is 1. The van der Waals surface area contributed by atoms with Crippen LogP contribution in [0.3, 0.4) is 0 Å². The molecule has 0 aliphatic carbocycles. The van der Waals surface area contributed by atoms with Crippen LogP contribution < -0.4 is 14.4 Å². The number of amides is 1. The van der Waals surface area contributed by atoms with Gasteiger partial charge in [0.15, 0.2) is 6.61 Å². The number of hydrogen-bond donors (Lipinski definition) is 1. The minimum absolute atomic E-state index is 0.151. The van der Waals surface area contributed by atoms with Crippen molar-refractivity contribution >= 4 is 21.6 Å². The van der Waals surface area contributed by atoms with Gasteiger partial charge in [0.2, 0.25) is 0 Å². The molecule has 3 aromatic rings. The first-order chi connectivity index (χ1) is 14.8. The van der Waals surface area contributed by atoms with Crippen molar-refractivity contribution in [1.82, 2.24) is 10.3 Å². The molecule has 0 aliphatic heterocycles. The van der Waals surface area contributed by atoms with E-state index in [0.717, 1.165) is 11.1 Å². The summed E-state index contributed by atoms with van der Waals surface area (Å²) in [7, 11) is -2.17. The maximum absolute atomic E-state index is 12.8. The molecular weight excluding hydrogens is 414 g/mol. The van der Waals surface area contributed by atoms with E-state index in [1.165, 1.54) is 11.4 Å². The maximum Gasteiger partial charge on any atom is 0.264 e. The van der Waals surface area contributed by atoms with Crippen LogP contribution in [-0.2, 0) is 14.8 Å². The van der Waals surface area contributed by atoms with Crippen LogP contribution in [0.15, 0.2) is 78.0 Å². The highest BCUT2D eigenvalue weighted by Crippen LogP contribution is 2.24. The Labute approximate surface area is 182 Å². The van der Waals surface area contributed by atoms with Gasteiger partial charge in [-0.1, -0.05) is 23.8 Å². The zero-order valence-corrected chi connectivity index (χ0v) is 18.5. The highest BCUT2D eigenvalue weighted by molar-refractivity contribution is 7.92. The Balaban J connectivity index is 1.58. The Hall–Kier alpha value is -3.39. The lowest BCUT2D eigenvalue weighted by molar-refractivity contribution is -0.123. The van der Waals surface area contributed by atoms with E-state index >= 15 is 0 Å². The molecule has 8 heteroatoms. The van der Waals surface area contributed by atoms with E-state index in [9.17, 15) is 13.2 Å². The third-order valence-corrected chi connectivity index (χ3v) is 6.61. The first-order valence-electron chi connectivity index (χ1n) is 9.75. The summed E-state index contributed by atoms with van der Waals surface area (Å²) in [5.41, 5.74) is 2.38. The summed E-state index contributed by atoms with van der Waals surface area (Å²) in [6.07, 6.45) is 3.37. The van der Waals surface area contributed by atoms with E-state index < -0.39 is 10.0 Å². The summed E-state index contributed by atoms with van der Waals surface area (Å²) in [6, 6.07) is 16.7. The van der Waals surface area contributed by atoms with Gasteiger partial charge in [-0.05, 0) is 61.9 Å². The largest absolute Gasteiger partial charge is 0.484 e.